The molecule has 0 radical (unpaired) electrons. The second kappa shape index (κ2) is 6.56. The molecule has 5 nitrogen and oxygen atoms in total. The largest absolute Gasteiger partial charge is 0.385 e. The van der Waals surface area contributed by atoms with E-state index in [0.29, 0.717) is 17.9 Å². The van der Waals surface area contributed by atoms with E-state index >= 15 is 0 Å². The van der Waals surface area contributed by atoms with E-state index in [0.717, 1.165) is 25.1 Å². The molecule has 0 fully saturated rings. The number of hydrogen-bond donors (Lipinski definition) is 2. The molecule has 0 bridgehead atoms. The number of anilines is 1. The molecule has 1 unspecified atom stereocenters. The van der Waals surface area contributed by atoms with Gasteiger partial charge in [-0.2, -0.15) is 0 Å². The molecule has 0 aliphatic carbocycles. The van der Waals surface area contributed by atoms with Crippen LogP contribution in [0.25, 0.3) is 0 Å². The Bertz CT molecular complexity index is 558. The fourth-order valence-electron chi connectivity index (χ4n) is 2.29. The summed E-state index contributed by atoms with van der Waals surface area (Å²) in [7, 11) is -1.86. The molecule has 1 atom stereocenters. The van der Waals surface area contributed by atoms with Crippen LogP contribution < -0.4 is 10.0 Å². The summed E-state index contributed by atoms with van der Waals surface area (Å²) in [5.41, 5.74) is 2.12. The van der Waals surface area contributed by atoms with Gasteiger partial charge in [-0.15, -0.1) is 0 Å². The van der Waals surface area contributed by atoms with Crippen molar-refractivity contribution in [2.75, 3.05) is 25.6 Å². The van der Waals surface area contributed by atoms with Crippen LogP contribution in [0.15, 0.2) is 23.1 Å². The van der Waals surface area contributed by atoms with Gasteiger partial charge in [0.25, 0.3) is 0 Å². The minimum atomic E-state index is -3.47. The van der Waals surface area contributed by atoms with E-state index in [1.54, 1.807) is 19.2 Å². The molecule has 112 valence electrons. The van der Waals surface area contributed by atoms with E-state index in [2.05, 4.69) is 10.0 Å². The number of methoxy groups -OCH3 is 1. The Morgan fingerprint density at radius 1 is 1.45 bits per heavy atom. The minimum absolute atomic E-state index is 0.149. The van der Waals surface area contributed by atoms with E-state index in [-0.39, 0.29) is 6.04 Å². The number of fused-ring (bicyclic) bond motifs is 1. The molecule has 1 aromatic carbocycles. The van der Waals surface area contributed by atoms with Crippen LogP contribution in [0, 0.1) is 0 Å². The first-order chi connectivity index (χ1) is 9.53. The molecule has 0 amide bonds. The van der Waals surface area contributed by atoms with Crippen LogP contribution >= 0.6 is 0 Å². The standard InChI is InChI=1S/C14H22N2O3S/c1-11(7-9-19-2)16-20(17,18)13-6-5-12-4-3-8-15-14(12)10-13/h5-6,10-11,15-16H,3-4,7-9H2,1-2H3. The summed E-state index contributed by atoms with van der Waals surface area (Å²) in [4.78, 5) is 0.315. The zero-order valence-electron chi connectivity index (χ0n) is 12.0. The first-order valence-electron chi connectivity index (χ1n) is 6.91. The van der Waals surface area contributed by atoms with E-state index in [4.69, 9.17) is 4.74 Å². The molecule has 2 rings (SSSR count). The van der Waals surface area contributed by atoms with E-state index < -0.39 is 10.0 Å². The maximum absolute atomic E-state index is 12.3. The SMILES string of the molecule is COCCC(C)NS(=O)(=O)c1ccc2c(c1)NCCC2. The maximum Gasteiger partial charge on any atom is 0.240 e. The smallest absolute Gasteiger partial charge is 0.240 e. The van der Waals surface area contributed by atoms with Gasteiger partial charge in [-0.25, -0.2) is 13.1 Å². The van der Waals surface area contributed by atoms with Crippen LogP contribution in [0.4, 0.5) is 5.69 Å². The zero-order chi connectivity index (χ0) is 14.6. The number of ether oxygens (including phenoxy) is 1. The lowest BCUT2D eigenvalue weighted by atomic mass is 10.0. The topological polar surface area (TPSA) is 67.4 Å². The summed E-state index contributed by atoms with van der Waals surface area (Å²) in [6.45, 7) is 3.27. The van der Waals surface area contributed by atoms with Crippen molar-refractivity contribution in [1.82, 2.24) is 4.72 Å². The number of rotatable bonds is 6. The van der Waals surface area contributed by atoms with E-state index in [1.807, 2.05) is 13.0 Å². The molecule has 2 N–H and O–H groups in total. The molecule has 0 saturated carbocycles. The summed E-state index contributed by atoms with van der Waals surface area (Å²) in [5, 5.41) is 3.25. The zero-order valence-corrected chi connectivity index (χ0v) is 12.8. The molecule has 1 heterocycles. The van der Waals surface area contributed by atoms with Gasteiger partial charge >= 0.3 is 0 Å². The first-order valence-corrected chi connectivity index (χ1v) is 8.39. The normalized spacial score (nSPS) is 16.3. The quantitative estimate of drug-likeness (QED) is 0.839. The Morgan fingerprint density at radius 3 is 3.00 bits per heavy atom. The molecule has 1 aromatic rings. The van der Waals surface area contributed by atoms with Crippen LogP contribution in [0.5, 0.6) is 0 Å². The van der Waals surface area contributed by atoms with Gasteiger partial charge in [0.2, 0.25) is 10.0 Å². The van der Waals surface area contributed by atoms with Crippen molar-refractivity contribution in [3.05, 3.63) is 23.8 Å². The van der Waals surface area contributed by atoms with Crippen molar-refractivity contribution in [2.45, 2.75) is 37.1 Å². The third-order valence-corrected chi connectivity index (χ3v) is 5.03. The average molecular weight is 298 g/mol. The summed E-state index contributed by atoms with van der Waals surface area (Å²) in [6, 6.07) is 5.15. The number of sulfonamides is 1. The van der Waals surface area contributed by atoms with Gasteiger partial charge < -0.3 is 10.1 Å². The van der Waals surface area contributed by atoms with Gasteiger partial charge in [0.15, 0.2) is 0 Å². The van der Waals surface area contributed by atoms with Gasteiger partial charge in [-0.1, -0.05) is 6.07 Å². The predicted molar refractivity (Wildman–Crippen MR) is 79.5 cm³/mol. The van der Waals surface area contributed by atoms with Crippen molar-refractivity contribution in [2.24, 2.45) is 0 Å². The predicted octanol–water partition coefficient (Wildman–Crippen LogP) is 1.75. The van der Waals surface area contributed by atoms with Crippen LogP contribution in [0.3, 0.4) is 0 Å². The monoisotopic (exact) mass is 298 g/mol. The van der Waals surface area contributed by atoms with Crippen LogP contribution in [0.1, 0.15) is 25.3 Å². The summed E-state index contributed by atoms with van der Waals surface area (Å²) < 4.78 is 32.3. The fraction of sp³-hybridized carbons (Fsp3) is 0.571. The van der Waals surface area contributed by atoms with Crippen molar-refractivity contribution in [1.29, 1.82) is 0 Å². The molecule has 1 aliphatic heterocycles. The molecule has 1 aliphatic rings. The second-order valence-electron chi connectivity index (χ2n) is 5.15. The minimum Gasteiger partial charge on any atom is -0.385 e. The molecule has 0 spiro atoms. The number of hydrogen-bond acceptors (Lipinski definition) is 4. The van der Waals surface area contributed by atoms with Crippen molar-refractivity contribution in [3.63, 3.8) is 0 Å². The van der Waals surface area contributed by atoms with Crippen molar-refractivity contribution in [3.8, 4) is 0 Å². The highest BCUT2D eigenvalue weighted by molar-refractivity contribution is 7.89. The Labute approximate surface area is 120 Å². The van der Waals surface area contributed by atoms with Crippen LogP contribution in [-0.4, -0.2) is 34.7 Å². The van der Waals surface area contributed by atoms with Gasteiger partial charge in [-0.3, -0.25) is 0 Å². The lowest BCUT2D eigenvalue weighted by molar-refractivity contribution is 0.188. The highest BCUT2D eigenvalue weighted by Gasteiger charge is 2.19. The number of aryl methyl sites for hydroxylation is 1. The lowest BCUT2D eigenvalue weighted by Gasteiger charge is -2.19. The van der Waals surface area contributed by atoms with Gasteiger partial charge in [0, 0.05) is 32.0 Å². The Balaban J connectivity index is 2.13. The van der Waals surface area contributed by atoms with Gasteiger partial charge in [0.05, 0.1) is 4.90 Å². The summed E-state index contributed by atoms with van der Waals surface area (Å²) in [5.74, 6) is 0. The molecular weight excluding hydrogens is 276 g/mol. The average Bonchev–Trinajstić information content (AvgIpc) is 2.44. The summed E-state index contributed by atoms with van der Waals surface area (Å²) >= 11 is 0. The second-order valence-corrected chi connectivity index (χ2v) is 6.87. The Morgan fingerprint density at radius 2 is 2.25 bits per heavy atom. The summed E-state index contributed by atoms with van der Waals surface area (Å²) in [6.07, 6.45) is 2.74. The first kappa shape index (κ1) is 15.3. The van der Waals surface area contributed by atoms with Crippen molar-refractivity contribution >= 4 is 15.7 Å². The molecule has 0 saturated heterocycles. The third-order valence-electron chi connectivity index (χ3n) is 3.44. The fourth-order valence-corrected chi connectivity index (χ4v) is 3.60. The molecule has 20 heavy (non-hydrogen) atoms. The Kier molecular flexibility index (Phi) is 5.01. The molecule has 0 aromatic heterocycles. The van der Waals surface area contributed by atoms with E-state index in [1.165, 1.54) is 5.56 Å². The van der Waals surface area contributed by atoms with Crippen LogP contribution in [-0.2, 0) is 21.2 Å². The van der Waals surface area contributed by atoms with Gasteiger partial charge in [-0.05, 0) is 43.9 Å². The lowest BCUT2D eigenvalue weighted by Crippen LogP contribution is -2.33. The van der Waals surface area contributed by atoms with Crippen LogP contribution in [0.2, 0.25) is 0 Å². The highest BCUT2D eigenvalue weighted by atomic mass is 32.2. The Hall–Kier alpha value is -1.11. The van der Waals surface area contributed by atoms with Crippen molar-refractivity contribution < 1.29 is 13.2 Å². The molecular formula is C14H22N2O3S. The van der Waals surface area contributed by atoms with E-state index in [9.17, 15) is 8.42 Å². The number of nitrogens with one attached hydrogen (secondary N) is 2. The van der Waals surface area contributed by atoms with Gasteiger partial charge in [0.1, 0.15) is 0 Å². The molecule has 6 heteroatoms. The maximum atomic E-state index is 12.3. The highest BCUT2D eigenvalue weighted by Crippen LogP contribution is 2.25. The third kappa shape index (κ3) is 3.71. The number of benzene rings is 1.